The molecule has 27 heavy (non-hydrogen) atoms. The normalized spacial score (nSPS) is 19.6. The monoisotopic (exact) mass is 370 g/mol. The average molecular weight is 371 g/mol. The van der Waals surface area contributed by atoms with Gasteiger partial charge in [0.1, 0.15) is 0 Å². The summed E-state index contributed by atoms with van der Waals surface area (Å²) in [6.07, 6.45) is 4.03. The fourth-order valence-electron chi connectivity index (χ4n) is 4.07. The third kappa shape index (κ3) is 4.91. The molecule has 1 aromatic carbocycles. The fourth-order valence-corrected chi connectivity index (χ4v) is 4.07. The minimum atomic E-state index is -0.351. The predicted octanol–water partition coefficient (Wildman–Crippen LogP) is 4.10. The first-order valence-corrected chi connectivity index (χ1v) is 10.4. The third-order valence-corrected chi connectivity index (χ3v) is 6.05. The number of piperidine rings is 1. The molecule has 1 saturated carbocycles. The van der Waals surface area contributed by atoms with Gasteiger partial charge in [0.05, 0.1) is 0 Å². The van der Waals surface area contributed by atoms with E-state index in [9.17, 15) is 9.59 Å². The molecule has 3 rings (SSSR count). The number of nitrogens with zero attached hydrogens (tertiary/aromatic N) is 2. The Bertz CT molecular complexity index is 653. The van der Waals surface area contributed by atoms with Crippen LogP contribution in [0.2, 0.25) is 0 Å². The van der Waals surface area contributed by atoms with Crippen LogP contribution in [0.25, 0.3) is 0 Å². The first-order chi connectivity index (χ1) is 12.8. The van der Waals surface area contributed by atoms with Crippen molar-refractivity contribution >= 4 is 11.8 Å². The molecule has 0 N–H and O–H groups in total. The van der Waals surface area contributed by atoms with Crippen LogP contribution < -0.4 is 0 Å². The number of hydrogen-bond acceptors (Lipinski definition) is 2. The molecule has 1 unspecified atom stereocenters. The van der Waals surface area contributed by atoms with Crippen molar-refractivity contribution < 1.29 is 9.59 Å². The highest BCUT2D eigenvalue weighted by Gasteiger charge is 2.38. The van der Waals surface area contributed by atoms with Gasteiger partial charge in [0.15, 0.2) is 0 Å². The SMILES string of the molecule is CC(C1CC1)N(Cc1ccccc1)C(=O)C1CCN(C(=O)C(C)(C)C)CC1. The van der Waals surface area contributed by atoms with E-state index in [-0.39, 0.29) is 23.1 Å². The largest absolute Gasteiger partial charge is 0.342 e. The Morgan fingerprint density at radius 3 is 2.19 bits per heavy atom. The van der Waals surface area contributed by atoms with Crippen LogP contribution >= 0.6 is 0 Å². The van der Waals surface area contributed by atoms with Crippen LogP contribution in [0, 0.1) is 17.3 Å². The topological polar surface area (TPSA) is 40.6 Å². The zero-order valence-electron chi connectivity index (χ0n) is 17.3. The van der Waals surface area contributed by atoms with Crippen LogP contribution in [0.15, 0.2) is 30.3 Å². The van der Waals surface area contributed by atoms with E-state index >= 15 is 0 Å². The van der Waals surface area contributed by atoms with Crippen molar-refractivity contribution in [2.24, 2.45) is 17.3 Å². The lowest BCUT2D eigenvalue weighted by atomic mass is 9.90. The van der Waals surface area contributed by atoms with Gasteiger partial charge in [0.2, 0.25) is 11.8 Å². The molecule has 0 bridgehead atoms. The van der Waals surface area contributed by atoms with Gasteiger partial charge in [-0.1, -0.05) is 51.1 Å². The van der Waals surface area contributed by atoms with Crippen LogP contribution in [-0.4, -0.2) is 40.7 Å². The van der Waals surface area contributed by atoms with Gasteiger partial charge in [-0.25, -0.2) is 0 Å². The highest BCUT2D eigenvalue weighted by atomic mass is 16.2. The van der Waals surface area contributed by atoms with Crippen LogP contribution in [0.4, 0.5) is 0 Å². The number of benzene rings is 1. The number of likely N-dealkylation sites (tertiary alicyclic amines) is 1. The third-order valence-electron chi connectivity index (χ3n) is 6.05. The highest BCUT2D eigenvalue weighted by Crippen LogP contribution is 2.37. The lowest BCUT2D eigenvalue weighted by Gasteiger charge is -2.38. The summed E-state index contributed by atoms with van der Waals surface area (Å²) in [6, 6.07) is 10.6. The Morgan fingerprint density at radius 1 is 1.07 bits per heavy atom. The zero-order chi connectivity index (χ0) is 19.6. The second-order valence-corrected chi connectivity index (χ2v) is 9.35. The van der Waals surface area contributed by atoms with E-state index in [1.807, 2.05) is 43.9 Å². The number of hydrogen-bond donors (Lipinski definition) is 0. The molecule has 4 nitrogen and oxygen atoms in total. The second kappa shape index (κ2) is 8.04. The molecule has 0 aromatic heterocycles. The molecule has 0 radical (unpaired) electrons. The summed E-state index contributed by atoms with van der Waals surface area (Å²) in [5.41, 5.74) is 0.843. The molecule has 2 fully saturated rings. The van der Waals surface area contributed by atoms with Gasteiger partial charge in [-0.2, -0.15) is 0 Å². The summed E-state index contributed by atoms with van der Waals surface area (Å²) in [7, 11) is 0. The van der Waals surface area contributed by atoms with Gasteiger partial charge in [0.25, 0.3) is 0 Å². The molecule has 1 saturated heterocycles. The number of rotatable bonds is 5. The lowest BCUT2D eigenvalue weighted by Crippen LogP contribution is -2.49. The molecular weight excluding hydrogens is 336 g/mol. The summed E-state index contributed by atoms with van der Waals surface area (Å²) >= 11 is 0. The first kappa shape index (κ1) is 19.9. The zero-order valence-corrected chi connectivity index (χ0v) is 17.3. The maximum absolute atomic E-state index is 13.4. The van der Waals surface area contributed by atoms with Gasteiger partial charge < -0.3 is 9.80 Å². The van der Waals surface area contributed by atoms with E-state index in [0.29, 0.717) is 31.6 Å². The minimum absolute atomic E-state index is 0.0407. The number of amides is 2. The van der Waals surface area contributed by atoms with E-state index < -0.39 is 0 Å². The maximum Gasteiger partial charge on any atom is 0.227 e. The number of carbonyl (C=O) groups is 2. The molecule has 1 heterocycles. The molecular formula is C23H34N2O2. The van der Waals surface area contributed by atoms with Crippen molar-refractivity contribution in [2.45, 2.75) is 66.0 Å². The molecule has 148 valence electrons. The van der Waals surface area contributed by atoms with Crippen molar-refractivity contribution in [1.82, 2.24) is 9.80 Å². The van der Waals surface area contributed by atoms with Gasteiger partial charge in [-0.3, -0.25) is 9.59 Å². The van der Waals surface area contributed by atoms with Gasteiger partial charge >= 0.3 is 0 Å². The van der Waals surface area contributed by atoms with E-state index in [4.69, 9.17) is 0 Å². The van der Waals surface area contributed by atoms with Crippen molar-refractivity contribution in [1.29, 1.82) is 0 Å². The molecule has 4 heteroatoms. The molecule has 1 atom stereocenters. The Labute approximate surface area is 163 Å². The molecule has 1 aliphatic heterocycles. The predicted molar refractivity (Wildman–Crippen MR) is 108 cm³/mol. The van der Waals surface area contributed by atoms with E-state index in [1.165, 1.54) is 18.4 Å². The van der Waals surface area contributed by atoms with Gasteiger partial charge in [-0.15, -0.1) is 0 Å². The summed E-state index contributed by atoms with van der Waals surface area (Å²) in [5, 5.41) is 0. The molecule has 1 aliphatic carbocycles. The van der Waals surface area contributed by atoms with E-state index in [0.717, 1.165) is 12.8 Å². The van der Waals surface area contributed by atoms with Crippen LogP contribution in [0.1, 0.15) is 58.9 Å². The van der Waals surface area contributed by atoms with E-state index in [2.05, 4.69) is 24.0 Å². The van der Waals surface area contributed by atoms with Gasteiger partial charge in [-0.05, 0) is 44.1 Å². The lowest BCUT2D eigenvalue weighted by molar-refractivity contribution is -0.146. The number of carbonyl (C=O) groups excluding carboxylic acids is 2. The Balaban J connectivity index is 1.65. The Hall–Kier alpha value is -1.84. The van der Waals surface area contributed by atoms with Crippen molar-refractivity contribution in [3.05, 3.63) is 35.9 Å². The molecule has 2 aliphatic rings. The molecule has 2 amide bonds. The quantitative estimate of drug-likeness (QED) is 0.783. The van der Waals surface area contributed by atoms with Crippen LogP contribution in [0.5, 0.6) is 0 Å². The summed E-state index contributed by atoms with van der Waals surface area (Å²) in [4.78, 5) is 29.9. The van der Waals surface area contributed by atoms with E-state index in [1.54, 1.807) is 0 Å². The summed E-state index contributed by atoms with van der Waals surface area (Å²) in [5.74, 6) is 1.17. The fraction of sp³-hybridized carbons (Fsp3) is 0.652. The molecule has 0 spiro atoms. The van der Waals surface area contributed by atoms with Crippen LogP contribution in [0.3, 0.4) is 0 Å². The smallest absolute Gasteiger partial charge is 0.227 e. The second-order valence-electron chi connectivity index (χ2n) is 9.35. The standard InChI is InChI=1S/C23H34N2O2/c1-17(19-10-11-19)25(16-18-8-6-5-7-9-18)21(26)20-12-14-24(15-13-20)22(27)23(2,3)4/h5-9,17,19-20H,10-16H2,1-4H3. The maximum atomic E-state index is 13.4. The van der Waals surface area contributed by atoms with Crippen molar-refractivity contribution in [2.75, 3.05) is 13.1 Å². The van der Waals surface area contributed by atoms with Crippen LogP contribution in [-0.2, 0) is 16.1 Å². The highest BCUT2D eigenvalue weighted by molar-refractivity contribution is 5.83. The summed E-state index contributed by atoms with van der Waals surface area (Å²) < 4.78 is 0. The Kier molecular flexibility index (Phi) is 5.92. The van der Waals surface area contributed by atoms with Gasteiger partial charge in [0, 0.05) is 37.0 Å². The first-order valence-electron chi connectivity index (χ1n) is 10.4. The minimum Gasteiger partial charge on any atom is -0.342 e. The Morgan fingerprint density at radius 2 is 1.67 bits per heavy atom. The average Bonchev–Trinajstić information content (AvgIpc) is 3.50. The summed E-state index contributed by atoms with van der Waals surface area (Å²) in [6.45, 7) is 10.2. The van der Waals surface area contributed by atoms with Crippen molar-refractivity contribution in [3.8, 4) is 0 Å². The molecule has 1 aromatic rings. The van der Waals surface area contributed by atoms with Crippen molar-refractivity contribution in [3.63, 3.8) is 0 Å².